The number of ether oxygens (including phenoxy) is 1. The van der Waals surface area contributed by atoms with E-state index in [1.807, 2.05) is 12.1 Å². The molecule has 2 aromatic rings. The third kappa shape index (κ3) is 3.30. The number of rotatable bonds is 5. The Labute approximate surface area is 159 Å². The highest BCUT2D eigenvalue weighted by Crippen LogP contribution is 2.48. The number of hydrogen-bond acceptors (Lipinski definition) is 5. The van der Waals surface area contributed by atoms with Crippen molar-refractivity contribution in [3.8, 4) is 5.75 Å². The maximum atomic E-state index is 13.0. The van der Waals surface area contributed by atoms with Gasteiger partial charge in [0.05, 0.1) is 31.0 Å². The zero-order valence-electron chi connectivity index (χ0n) is 15.3. The molecule has 2 aliphatic heterocycles. The normalized spacial score (nSPS) is 26.7. The molecule has 27 heavy (non-hydrogen) atoms. The van der Waals surface area contributed by atoms with Gasteiger partial charge in [-0.05, 0) is 24.8 Å². The van der Waals surface area contributed by atoms with Gasteiger partial charge in [-0.25, -0.2) is 0 Å². The number of amides is 1. The number of para-hydroxylation sites is 1. The molecule has 1 saturated heterocycles. The van der Waals surface area contributed by atoms with Gasteiger partial charge in [0.15, 0.2) is 0 Å². The van der Waals surface area contributed by atoms with E-state index in [9.17, 15) is 4.79 Å². The average molecular weight is 364 g/mol. The lowest BCUT2D eigenvalue weighted by Gasteiger charge is -2.34. The minimum Gasteiger partial charge on any atom is -0.493 e. The van der Waals surface area contributed by atoms with Crippen molar-refractivity contribution in [2.45, 2.75) is 25.4 Å². The molecule has 3 atom stereocenters. The summed E-state index contributed by atoms with van der Waals surface area (Å²) < 4.78 is 6.02. The molecule has 0 radical (unpaired) electrons. The van der Waals surface area contributed by atoms with Crippen molar-refractivity contribution in [2.24, 2.45) is 17.8 Å². The molecule has 0 bridgehead atoms. The number of carbonyl (C=O) groups is 1. The molecular formula is C21H24N4O2. The predicted octanol–water partition coefficient (Wildman–Crippen LogP) is 2.18. The Morgan fingerprint density at radius 2 is 2.15 bits per heavy atom. The maximum absolute atomic E-state index is 13.0. The van der Waals surface area contributed by atoms with E-state index >= 15 is 0 Å². The highest BCUT2D eigenvalue weighted by atomic mass is 16.5. The Hall–Kier alpha value is -2.47. The molecule has 3 aliphatic rings. The quantitative estimate of drug-likeness (QED) is 0.881. The Kier molecular flexibility index (Phi) is 4.28. The van der Waals surface area contributed by atoms with Crippen LogP contribution in [0.25, 0.3) is 0 Å². The molecule has 1 amide bonds. The maximum Gasteiger partial charge on any atom is 0.225 e. The molecule has 0 unspecified atom stereocenters. The number of fused-ring (bicyclic) bond motifs is 3. The number of nitrogens with zero attached hydrogens (tertiary/aromatic N) is 3. The van der Waals surface area contributed by atoms with Crippen LogP contribution >= 0.6 is 0 Å². The van der Waals surface area contributed by atoms with E-state index in [0.717, 1.165) is 30.5 Å². The van der Waals surface area contributed by atoms with Gasteiger partial charge in [-0.15, -0.1) is 0 Å². The summed E-state index contributed by atoms with van der Waals surface area (Å²) in [5.41, 5.74) is 2.01. The molecule has 0 spiro atoms. The molecule has 140 valence electrons. The second-order valence-electron chi connectivity index (χ2n) is 7.88. The van der Waals surface area contributed by atoms with Crippen molar-refractivity contribution in [1.82, 2.24) is 20.2 Å². The van der Waals surface area contributed by atoms with Crippen LogP contribution in [0.2, 0.25) is 0 Å². The van der Waals surface area contributed by atoms with E-state index in [0.29, 0.717) is 13.2 Å². The summed E-state index contributed by atoms with van der Waals surface area (Å²) in [6.45, 7) is 2.91. The minimum absolute atomic E-state index is 0.0567. The van der Waals surface area contributed by atoms with Gasteiger partial charge in [0.1, 0.15) is 5.75 Å². The van der Waals surface area contributed by atoms with Crippen LogP contribution in [0.3, 0.4) is 0 Å². The van der Waals surface area contributed by atoms with Crippen molar-refractivity contribution < 1.29 is 9.53 Å². The summed E-state index contributed by atoms with van der Waals surface area (Å²) >= 11 is 0. The summed E-state index contributed by atoms with van der Waals surface area (Å²) in [5, 5.41) is 3.06. The summed E-state index contributed by atoms with van der Waals surface area (Å²) in [6.07, 6.45) is 7.61. The van der Waals surface area contributed by atoms with Gasteiger partial charge >= 0.3 is 0 Å². The Bertz CT molecular complexity index is 824. The zero-order valence-corrected chi connectivity index (χ0v) is 15.3. The second kappa shape index (κ2) is 6.93. The molecule has 6 nitrogen and oxygen atoms in total. The first-order valence-electron chi connectivity index (χ1n) is 9.78. The summed E-state index contributed by atoms with van der Waals surface area (Å²) in [4.78, 5) is 23.8. The highest BCUT2D eigenvalue weighted by molar-refractivity contribution is 5.80. The van der Waals surface area contributed by atoms with Crippen LogP contribution in [0.4, 0.5) is 0 Å². The predicted molar refractivity (Wildman–Crippen MR) is 99.8 cm³/mol. The fourth-order valence-corrected chi connectivity index (χ4v) is 4.50. The van der Waals surface area contributed by atoms with Crippen LogP contribution in [0.15, 0.2) is 42.9 Å². The lowest BCUT2D eigenvalue weighted by Crippen LogP contribution is -2.38. The molecule has 1 aliphatic carbocycles. The molecule has 1 aromatic carbocycles. The Morgan fingerprint density at radius 1 is 1.26 bits per heavy atom. The van der Waals surface area contributed by atoms with E-state index in [1.165, 1.54) is 18.4 Å². The number of nitrogens with one attached hydrogen (secondary N) is 1. The van der Waals surface area contributed by atoms with Gasteiger partial charge in [0.2, 0.25) is 5.91 Å². The first-order valence-corrected chi connectivity index (χ1v) is 9.78. The highest BCUT2D eigenvalue weighted by Gasteiger charge is 2.49. The Balaban J connectivity index is 1.35. The van der Waals surface area contributed by atoms with E-state index in [4.69, 9.17) is 4.74 Å². The molecule has 1 aromatic heterocycles. The number of aromatic nitrogens is 2. The molecular weight excluding hydrogens is 340 g/mol. The first-order chi connectivity index (χ1) is 13.3. The monoisotopic (exact) mass is 364 g/mol. The lowest BCUT2D eigenvalue weighted by atomic mass is 9.85. The fraction of sp³-hybridized carbons (Fsp3) is 0.476. The van der Waals surface area contributed by atoms with E-state index in [-0.39, 0.29) is 23.8 Å². The average Bonchev–Trinajstić information content (AvgIpc) is 3.46. The third-order valence-electron chi connectivity index (χ3n) is 6.00. The van der Waals surface area contributed by atoms with Gasteiger partial charge in [0.25, 0.3) is 0 Å². The van der Waals surface area contributed by atoms with Crippen molar-refractivity contribution in [1.29, 1.82) is 0 Å². The van der Waals surface area contributed by atoms with Gasteiger partial charge in [-0.1, -0.05) is 18.2 Å². The van der Waals surface area contributed by atoms with Gasteiger partial charge in [0, 0.05) is 43.0 Å². The molecule has 1 N–H and O–H groups in total. The standard InChI is InChI=1S/C21H24N4O2/c26-21(24-10-15-9-22-7-8-23-15)17-12-25(11-14-5-6-14)20-16-3-1-2-4-19(16)27-13-18(17)20/h1-4,7-9,14,17-18,20H,5-6,10-13H2,(H,24,26)/t17-,18+,20+/m1/s1. The van der Waals surface area contributed by atoms with Crippen LogP contribution in [-0.4, -0.2) is 40.5 Å². The number of hydrogen-bond donors (Lipinski definition) is 1. The lowest BCUT2D eigenvalue weighted by molar-refractivity contribution is -0.126. The zero-order chi connectivity index (χ0) is 18.2. The van der Waals surface area contributed by atoms with E-state index in [2.05, 4.69) is 32.3 Å². The van der Waals surface area contributed by atoms with Crippen LogP contribution in [-0.2, 0) is 11.3 Å². The van der Waals surface area contributed by atoms with Crippen LogP contribution in [0.1, 0.15) is 30.1 Å². The fourth-order valence-electron chi connectivity index (χ4n) is 4.50. The van der Waals surface area contributed by atoms with Gasteiger partial charge in [-0.3, -0.25) is 19.7 Å². The van der Waals surface area contributed by atoms with Crippen LogP contribution in [0.5, 0.6) is 5.75 Å². The molecule has 6 heteroatoms. The van der Waals surface area contributed by atoms with Crippen LogP contribution < -0.4 is 10.1 Å². The van der Waals surface area contributed by atoms with Gasteiger partial charge in [-0.2, -0.15) is 0 Å². The van der Waals surface area contributed by atoms with Crippen molar-refractivity contribution in [3.05, 3.63) is 54.1 Å². The number of likely N-dealkylation sites (tertiary alicyclic amines) is 1. The topological polar surface area (TPSA) is 67.4 Å². The number of benzene rings is 1. The summed E-state index contributed by atoms with van der Waals surface area (Å²) in [7, 11) is 0. The summed E-state index contributed by atoms with van der Waals surface area (Å²) in [5.74, 6) is 2.00. The Morgan fingerprint density at radius 3 is 2.96 bits per heavy atom. The largest absolute Gasteiger partial charge is 0.493 e. The first kappa shape index (κ1) is 16.7. The van der Waals surface area contributed by atoms with E-state index < -0.39 is 0 Å². The SMILES string of the molecule is O=C(NCc1cnccn1)[C@@H]1CN(CC2CC2)[C@H]2c3ccccc3OC[C@@H]12. The molecule has 3 heterocycles. The van der Waals surface area contributed by atoms with Crippen molar-refractivity contribution in [2.75, 3.05) is 19.7 Å². The van der Waals surface area contributed by atoms with Gasteiger partial charge < -0.3 is 10.1 Å². The van der Waals surface area contributed by atoms with Crippen LogP contribution in [0, 0.1) is 17.8 Å². The second-order valence-corrected chi connectivity index (χ2v) is 7.88. The van der Waals surface area contributed by atoms with E-state index in [1.54, 1.807) is 18.6 Å². The molecule has 1 saturated carbocycles. The third-order valence-corrected chi connectivity index (χ3v) is 6.00. The van der Waals surface area contributed by atoms with Crippen molar-refractivity contribution in [3.63, 3.8) is 0 Å². The molecule has 2 fully saturated rings. The number of carbonyl (C=O) groups excluding carboxylic acids is 1. The van der Waals surface area contributed by atoms with Crippen molar-refractivity contribution >= 4 is 5.91 Å². The molecule has 5 rings (SSSR count). The summed E-state index contributed by atoms with van der Waals surface area (Å²) in [6, 6.07) is 8.57. The smallest absolute Gasteiger partial charge is 0.225 e. The minimum atomic E-state index is -0.0567.